The molecule has 0 fully saturated rings. The fraction of sp³-hybridized carbons (Fsp3) is 0.200. The van der Waals surface area contributed by atoms with Gasteiger partial charge in [-0.1, -0.05) is 35.5 Å². The zero-order chi connectivity index (χ0) is 15.5. The van der Waals surface area contributed by atoms with Gasteiger partial charge in [0.05, 0.1) is 10.7 Å². The van der Waals surface area contributed by atoms with E-state index in [0.29, 0.717) is 16.4 Å². The molecule has 0 bridgehead atoms. The van der Waals surface area contributed by atoms with Gasteiger partial charge in [0.15, 0.2) is 12.4 Å². The van der Waals surface area contributed by atoms with Crippen LogP contribution in [0.25, 0.3) is 11.3 Å². The lowest BCUT2D eigenvalue weighted by molar-refractivity contribution is 0.0436. The van der Waals surface area contributed by atoms with Crippen LogP contribution in [-0.4, -0.2) is 21.1 Å². The molecule has 0 amide bonds. The summed E-state index contributed by atoms with van der Waals surface area (Å²) >= 11 is 1.31. The molecule has 7 heteroatoms. The third-order valence-corrected chi connectivity index (χ3v) is 3.81. The zero-order valence-electron chi connectivity index (χ0n) is 12.1. The number of hydrogen-bond donors (Lipinski definition) is 0. The van der Waals surface area contributed by atoms with Gasteiger partial charge in [-0.05, 0) is 13.8 Å². The largest absolute Gasteiger partial charge is 0.451 e. The Labute approximate surface area is 130 Å². The first kappa shape index (κ1) is 14.4. The van der Waals surface area contributed by atoms with E-state index in [2.05, 4.69) is 15.1 Å². The summed E-state index contributed by atoms with van der Waals surface area (Å²) in [4.78, 5) is 21.2. The SMILES string of the molecule is Cc1noc(COC(=O)c2sc(C)nc2-c2ccccc2)n1. The lowest BCUT2D eigenvalue weighted by Gasteiger charge is -2.02. The first-order valence-electron chi connectivity index (χ1n) is 6.62. The van der Waals surface area contributed by atoms with Crippen molar-refractivity contribution in [3.63, 3.8) is 0 Å². The molecule has 3 aromatic rings. The van der Waals surface area contributed by atoms with Crippen molar-refractivity contribution in [2.75, 3.05) is 0 Å². The van der Waals surface area contributed by atoms with Gasteiger partial charge in [0.1, 0.15) is 4.88 Å². The third kappa shape index (κ3) is 3.04. The van der Waals surface area contributed by atoms with Gasteiger partial charge < -0.3 is 9.26 Å². The van der Waals surface area contributed by atoms with Gasteiger partial charge in [0.2, 0.25) is 0 Å². The molecule has 0 spiro atoms. The number of aromatic nitrogens is 3. The number of benzene rings is 1. The van der Waals surface area contributed by atoms with E-state index < -0.39 is 5.97 Å². The van der Waals surface area contributed by atoms with Crippen LogP contribution in [0.2, 0.25) is 0 Å². The molecule has 0 N–H and O–H groups in total. The van der Waals surface area contributed by atoms with Crippen molar-refractivity contribution in [3.8, 4) is 11.3 Å². The maximum absolute atomic E-state index is 12.3. The summed E-state index contributed by atoms with van der Waals surface area (Å²) in [6, 6.07) is 9.54. The number of hydrogen-bond acceptors (Lipinski definition) is 7. The van der Waals surface area contributed by atoms with E-state index in [1.165, 1.54) is 11.3 Å². The Morgan fingerprint density at radius 3 is 2.68 bits per heavy atom. The van der Waals surface area contributed by atoms with E-state index in [0.717, 1.165) is 10.6 Å². The Balaban J connectivity index is 1.81. The molecule has 3 rings (SSSR count). The predicted molar refractivity (Wildman–Crippen MR) is 80.4 cm³/mol. The third-order valence-electron chi connectivity index (χ3n) is 2.86. The molecule has 0 saturated heterocycles. The summed E-state index contributed by atoms with van der Waals surface area (Å²) in [6.07, 6.45) is 0. The number of esters is 1. The summed E-state index contributed by atoms with van der Waals surface area (Å²) in [5, 5.41) is 4.45. The summed E-state index contributed by atoms with van der Waals surface area (Å²) in [7, 11) is 0. The van der Waals surface area contributed by atoms with Crippen LogP contribution in [0.15, 0.2) is 34.9 Å². The highest BCUT2D eigenvalue weighted by Gasteiger charge is 2.20. The Kier molecular flexibility index (Phi) is 3.97. The molecule has 0 aliphatic heterocycles. The molecule has 1 aromatic carbocycles. The van der Waals surface area contributed by atoms with Crippen molar-refractivity contribution in [2.45, 2.75) is 20.5 Å². The molecule has 6 nitrogen and oxygen atoms in total. The Bertz CT molecular complexity index is 795. The highest BCUT2D eigenvalue weighted by atomic mass is 32.1. The van der Waals surface area contributed by atoms with Crippen LogP contribution in [-0.2, 0) is 11.3 Å². The van der Waals surface area contributed by atoms with Crippen molar-refractivity contribution >= 4 is 17.3 Å². The summed E-state index contributed by atoms with van der Waals surface area (Å²) in [6.45, 7) is 3.51. The molecular formula is C15H13N3O3S. The lowest BCUT2D eigenvalue weighted by atomic mass is 10.1. The Hall–Kier alpha value is -2.54. The first-order valence-corrected chi connectivity index (χ1v) is 7.44. The minimum Gasteiger partial charge on any atom is -0.451 e. The maximum Gasteiger partial charge on any atom is 0.351 e. The van der Waals surface area contributed by atoms with E-state index in [1.54, 1.807) is 6.92 Å². The van der Waals surface area contributed by atoms with Gasteiger partial charge in [0, 0.05) is 5.56 Å². The number of aryl methyl sites for hydroxylation is 2. The molecule has 0 aliphatic rings. The summed E-state index contributed by atoms with van der Waals surface area (Å²) in [5.41, 5.74) is 1.52. The first-order chi connectivity index (χ1) is 10.6. The minimum atomic E-state index is -0.444. The van der Waals surface area contributed by atoms with Crippen LogP contribution in [0.5, 0.6) is 0 Å². The highest BCUT2D eigenvalue weighted by molar-refractivity contribution is 7.14. The quantitative estimate of drug-likeness (QED) is 0.688. The second-order valence-corrected chi connectivity index (χ2v) is 5.79. The molecular weight excluding hydrogens is 302 g/mol. The van der Waals surface area contributed by atoms with E-state index in [9.17, 15) is 4.79 Å². The average molecular weight is 315 g/mol. The topological polar surface area (TPSA) is 78.1 Å². The van der Waals surface area contributed by atoms with Gasteiger partial charge in [-0.25, -0.2) is 9.78 Å². The number of carbonyl (C=O) groups excluding carboxylic acids is 1. The molecule has 0 atom stereocenters. The number of rotatable bonds is 4. The zero-order valence-corrected chi connectivity index (χ0v) is 12.9. The van der Waals surface area contributed by atoms with E-state index in [1.807, 2.05) is 37.3 Å². The second-order valence-electron chi connectivity index (χ2n) is 4.59. The molecule has 0 aliphatic carbocycles. The lowest BCUT2D eigenvalue weighted by Crippen LogP contribution is -2.05. The Morgan fingerprint density at radius 2 is 2.00 bits per heavy atom. The normalized spacial score (nSPS) is 10.6. The minimum absolute atomic E-state index is 0.0507. The van der Waals surface area contributed by atoms with Gasteiger partial charge in [-0.3, -0.25) is 0 Å². The number of nitrogens with zero attached hydrogens (tertiary/aromatic N) is 3. The summed E-state index contributed by atoms with van der Waals surface area (Å²) in [5.74, 6) is 0.332. The monoisotopic (exact) mass is 315 g/mol. The van der Waals surface area contributed by atoms with Crippen molar-refractivity contribution in [1.82, 2.24) is 15.1 Å². The van der Waals surface area contributed by atoms with Crippen LogP contribution in [0.4, 0.5) is 0 Å². The van der Waals surface area contributed by atoms with Crippen LogP contribution in [0, 0.1) is 13.8 Å². The fourth-order valence-electron chi connectivity index (χ4n) is 1.95. The van der Waals surface area contributed by atoms with Gasteiger partial charge in [-0.15, -0.1) is 11.3 Å². The highest BCUT2D eigenvalue weighted by Crippen LogP contribution is 2.28. The molecule has 0 unspecified atom stereocenters. The molecule has 22 heavy (non-hydrogen) atoms. The van der Waals surface area contributed by atoms with Crippen LogP contribution >= 0.6 is 11.3 Å². The molecule has 112 valence electrons. The van der Waals surface area contributed by atoms with E-state index in [4.69, 9.17) is 9.26 Å². The predicted octanol–water partition coefficient (Wildman–Crippen LogP) is 3.17. The Morgan fingerprint density at radius 1 is 1.23 bits per heavy atom. The average Bonchev–Trinajstić information content (AvgIpc) is 3.11. The van der Waals surface area contributed by atoms with E-state index in [-0.39, 0.29) is 12.5 Å². The standard InChI is InChI=1S/C15H13N3O3S/c1-9-16-12(21-18-9)8-20-15(19)14-13(17-10(2)22-14)11-6-4-3-5-7-11/h3-7H,8H2,1-2H3. The molecule has 0 saturated carbocycles. The smallest absolute Gasteiger partial charge is 0.351 e. The van der Waals surface area contributed by atoms with Crippen LogP contribution < -0.4 is 0 Å². The van der Waals surface area contributed by atoms with Crippen LogP contribution in [0.3, 0.4) is 0 Å². The molecule has 0 radical (unpaired) electrons. The van der Waals surface area contributed by atoms with Crippen LogP contribution in [0.1, 0.15) is 26.4 Å². The second kappa shape index (κ2) is 6.07. The van der Waals surface area contributed by atoms with Gasteiger partial charge >= 0.3 is 5.97 Å². The summed E-state index contributed by atoms with van der Waals surface area (Å²) < 4.78 is 10.2. The van der Waals surface area contributed by atoms with Gasteiger partial charge in [-0.2, -0.15) is 4.98 Å². The number of ether oxygens (including phenoxy) is 1. The van der Waals surface area contributed by atoms with Crippen molar-refractivity contribution in [2.24, 2.45) is 0 Å². The van der Waals surface area contributed by atoms with Crippen molar-refractivity contribution in [3.05, 3.63) is 51.9 Å². The van der Waals surface area contributed by atoms with Crippen molar-refractivity contribution < 1.29 is 14.1 Å². The number of thiazole rings is 1. The van der Waals surface area contributed by atoms with Crippen molar-refractivity contribution in [1.29, 1.82) is 0 Å². The van der Waals surface area contributed by atoms with E-state index >= 15 is 0 Å². The fourth-order valence-corrected chi connectivity index (χ4v) is 2.78. The molecule has 2 aromatic heterocycles. The van der Waals surface area contributed by atoms with Gasteiger partial charge in [0.25, 0.3) is 5.89 Å². The number of carbonyl (C=O) groups is 1. The molecule has 2 heterocycles. The maximum atomic E-state index is 12.3.